The summed E-state index contributed by atoms with van der Waals surface area (Å²) in [6, 6.07) is 13.8. The quantitative estimate of drug-likeness (QED) is 0.176. The van der Waals surface area contributed by atoms with Crippen molar-refractivity contribution in [1.29, 1.82) is 0 Å². The van der Waals surface area contributed by atoms with Gasteiger partial charge in [-0.1, -0.05) is 49.4 Å². The summed E-state index contributed by atoms with van der Waals surface area (Å²) in [5.41, 5.74) is -0.938. The van der Waals surface area contributed by atoms with Crippen molar-refractivity contribution >= 4 is 18.9 Å². The van der Waals surface area contributed by atoms with Gasteiger partial charge in [-0.2, -0.15) is 18.3 Å². The average molecular weight is 631 g/mol. The summed E-state index contributed by atoms with van der Waals surface area (Å²) in [5.74, 6) is -0.0264. The molecule has 0 bridgehead atoms. The molecule has 232 valence electrons. The number of aromatic nitrogens is 6. The normalized spacial score (nSPS) is 13.4. The number of nitrogens with zero attached hydrogens (tertiary/aromatic N) is 6. The van der Waals surface area contributed by atoms with E-state index in [0.717, 1.165) is 21.0 Å². The highest BCUT2D eigenvalue weighted by Gasteiger charge is 2.36. The van der Waals surface area contributed by atoms with Crippen molar-refractivity contribution < 1.29 is 26.8 Å². The Bertz CT molecular complexity index is 1960. The Balaban J connectivity index is 1.68. The molecule has 0 radical (unpaired) electrons. The first-order chi connectivity index (χ1) is 21.0. The lowest BCUT2D eigenvalue weighted by atomic mass is 10.1. The van der Waals surface area contributed by atoms with Crippen LogP contribution in [0.4, 0.5) is 13.2 Å². The zero-order valence-electron chi connectivity index (χ0n) is 24.2. The molecular formula is C29H30F3N6O5P. The van der Waals surface area contributed by atoms with Crippen LogP contribution < -0.4 is 11.2 Å². The van der Waals surface area contributed by atoms with E-state index in [-0.39, 0.29) is 48.8 Å². The molecule has 0 saturated carbocycles. The number of hydrogen-bond acceptors (Lipinski definition) is 7. The van der Waals surface area contributed by atoms with Crippen LogP contribution in [0.1, 0.15) is 37.0 Å². The van der Waals surface area contributed by atoms with E-state index in [4.69, 9.17) is 9.05 Å². The van der Waals surface area contributed by atoms with Crippen molar-refractivity contribution in [2.75, 3.05) is 7.11 Å². The molecule has 11 nitrogen and oxygen atoms in total. The molecule has 0 aliphatic heterocycles. The van der Waals surface area contributed by atoms with Crippen LogP contribution in [0.3, 0.4) is 0 Å². The second kappa shape index (κ2) is 12.4. The Kier molecular flexibility index (Phi) is 8.78. The second-order valence-electron chi connectivity index (χ2n) is 9.94. The summed E-state index contributed by atoms with van der Waals surface area (Å²) < 4.78 is 70.4. The predicted octanol–water partition coefficient (Wildman–Crippen LogP) is 5.54. The van der Waals surface area contributed by atoms with Gasteiger partial charge in [-0.25, -0.2) is 18.7 Å². The monoisotopic (exact) mass is 630 g/mol. The van der Waals surface area contributed by atoms with Crippen molar-refractivity contribution in [3.8, 4) is 11.4 Å². The summed E-state index contributed by atoms with van der Waals surface area (Å²) in [6.45, 7) is 3.67. The van der Waals surface area contributed by atoms with E-state index in [2.05, 4.69) is 10.1 Å². The summed E-state index contributed by atoms with van der Waals surface area (Å²) in [5, 5.41) is 4.28. The molecule has 0 saturated heterocycles. The van der Waals surface area contributed by atoms with E-state index in [0.29, 0.717) is 17.5 Å². The SMILES string of the molecule is CCCn1c(=O)c2c(nc(-c3cnn(Cc4cccc(C(F)(F)F)c4)c3)n2P(=O)(OC)OCc2ccccc2)n(CC)c1=O. The third kappa shape index (κ3) is 5.92. The van der Waals surface area contributed by atoms with Crippen molar-refractivity contribution in [1.82, 2.24) is 28.2 Å². The van der Waals surface area contributed by atoms with Crippen molar-refractivity contribution in [2.24, 2.45) is 0 Å². The minimum absolute atomic E-state index is 0.0143. The van der Waals surface area contributed by atoms with Gasteiger partial charge in [-0.3, -0.25) is 27.7 Å². The first-order valence-electron chi connectivity index (χ1n) is 13.8. The highest BCUT2D eigenvalue weighted by molar-refractivity contribution is 7.52. The van der Waals surface area contributed by atoms with Gasteiger partial charge >= 0.3 is 19.6 Å². The molecule has 15 heteroatoms. The maximum absolute atomic E-state index is 14.5. The molecule has 0 N–H and O–H groups in total. The molecule has 0 aliphatic rings. The van der Waals surface area contributed by atoms with Crippen LogP contribution in [0, 0.1) is 0 Å². The number of rotatable bonds is 11. The van der Waals surface area contributed by atoms with Crippen LogP contribution in [-0.4, -0.2) is 35.3 Å². The second-order valence-corrected chi connectivity index (χ2v) is 11.9. The van der Waals surface area contributed by atoms with E-state index in [1.807, 2.05) is 13.0 Å². The number of hydrogen-bond donors (Lipinski definition) is 0. The van der Waals surface area contributed by atoms with Crippen LogP contribution in [0.5, 0.6) is 0 Å². The van der Waals surface area contributed by atoms with Gasteiger partial charge in [-0.05, 0) is 36.6 Å². The van der Waals surface area contributed by atoms with Gasteiger partial charge in [0.2, 0.25) is 0 Å². The smallest absolute Gasteiger partial charge is 0.295 e. The maximum Gasteiger partial charge on any atom is 0.441 e. The van der Waals surface area contributed by atoms with Crippen LogP contribution in [0.15, 0.2) is 76.6 Å². The third-order valence-corrected chi connectivity index (χ3v) is 8.76. The number of aryl methyl sites for hydroxylation is 1. The summed E-state index contributed by atoms with van der Waals surface area (Å²) in [4.78, 5) is 31.7. The number of halogens is 3. The topological polar surface area (TPSA) is 115 Å². The fourth-order valence-electron chi connectivity index (χ4n) is 4.88. The Morgan fingerprint density at radius 2 is 1.70 bits per heavy atom. The van der Waals surface area contributed by atoms with Gasteiger partial charge in [-0.15, -0.1) is 0 Å². The molecular weight excluding hydrogens is 600 g/mol. The van der Waals surface area contributed by atoms with Gasteiger partial charge in [0, 0.05) is 26.4 Å². The average Bonchev–Trinajstić information content (AvgIpc) is 3.64. The zero-order chi connectivity index (χ0) is 31.6. The molecule has 3 heterocycles. The number of benzene rings is 2. The molecule has 1 atom stereocenters. The zero-order valence-corrected chi connectivity index (χ0v) is 25.1. The Morgan fingerprint density at radius 1 is 0.977 bits per heavy atom. The summed E-state index contributed by atoms with van der Waals surface area (Å²) >= 11 is 0. The largest absolute Gasteiger partial charge is 0.441 e. The van der Waals surface area contributed by atoms with Crippen molar-refractivity contribution in [3.05, 3.63) is 105 Å². The lowest BCUT2D eigenvalue weighted by Crippen LogP contribution is -2.40. The highest BCUT2D eigenvalue weighted by atomic mass is 31.2. The van der Waals surface area contributed by atoms with Crippen LogP contribution in [0.25, 0.3) is 22.6 Å². The van der Waals surface area contributed by atoms with Gasteiger partial charge in [0.25, 0.3) is 5.56 Å². The summed E-state index contributed by atoms with van der Waals surface area (Å²) in [6.07, 6.45) is -1.15. The molecule has 0 amide bonds. The lowest BCUT2D eigenvalue weighted by Gasteiger charge is -2.20. The van der Waals surface area contributed by atoms with Gasteiger partial charge < -0.3 is 0 Å². The van der Waals surface area contributed by atoms with E-state index >= 15 is 0 Å². The number of imidazole rings is 1. The molecule has 2 aromatic carbocycles. The van der Waals surface area contributed by atoms with Crippen molar-refractivity contribution in [3.63, 3.8) is 0 Å². The minimum Gasteiger partial charge on any atom is -0.295 e. The molecule has 44 heavy (non-hydrogen) atoms. The molecule has 1 unspecified atom stereocenters. The molecule has 0 aliphatic carbocycles. The Morgan fingerprint density at radius 3 is 2.36 bits per heavy atom. The van der Waals surface area contributed by atoms with Gasteiger partial charge in [0.05, 0.1) is 30.5 Å². The van der Waals surface area contributed by atoms with Crippen LogP contribution >= 0.6 is 7.75 Å². The molecule has 5 rings (SSSR count). The van der Waals surface area contributed by atoms with E-state index in [9.17, 15) is 27.3 Å². The third-order valence-electron chi connectivity index (χ3n) is 6.97. The summed E-state index contributed by atoms with van der Waals surface area (Å²) in [7, 11) is -3.17. The standard InChI is InChI=1S/C29H30F3N6O5P/c1-4-14-37-27(39)24-26(36(5-2)28(37)40)34-25(38(24)44(41,42-3)43-19-20-10-7-6-8-11-20)22-16-33-35(18-22)17-21-12-9-13-23(15-21)29(30,31)32/h6-13,15-16,18H,4-5,14,17,19H2,1-3H3. The lowest BCUT2D eigenvalue weighted by molar-refractivity contribution is -0.137. The molecule has 0 spiro atoms. The van der Waals surface area contributed by atoms with Crippen molar-refractivity contribution in [2.45, 2.75) is 52.7 Å². The fourth-order valence-corrected chi connectivity index (χ4v) is 6.39. The fraction of sp³-hybridized carbons (Fsp3) is 0.310. The highest BCUT2D eigenvalue weighted by Crippen LogP contribution is 2.53. The Labute approximate surface area is 249 Å². The predicted molar refractivity (Wildman–Crippen MR) is 157 cm³/mol. The first kappa shape index (κ1) is 31.2. The molecule has 3 aromatic heterocycles. The molecule has 5 aromatic rings. The molecule has 0 fully saturated rings. The van der Waals surface area contributed by atoms with Crippen LogP contribution in [-0.2, 0) is 46.0 Å². The van der Waals surface area contributed by atoms with E-state index < -0.39 is 30.7 Å². The number of alkyl halides is 3. The first-order valence-corrected chi connectivity index (χ1v) is 15.3. The number of fused-ring (bicyclic) bond motifs is 1. The van der Waals surface area contributed by atoms with E-state index in [1.165, 1.54) is 34.8 Å². The Hall–Kier alpha value is -4.26. The maximum atomic E-state index is 14.5. The minimum atomic E-state index is -4.50. The van der Waals surface area contributed by atoms with Gasteiger partial charge in [0.1, 0.15) is 0 Å². The van der Waals surface area contributed by atoms with Crippen LogP contribution in [0.2, 0.25) is 0 Å². The van der Waals surface area contributed by atoms with Gasteiger partial charge in [0.15, 0.2) is 17.0 Å². The van der Waals surface area contributed by atoms with E-state index in [1.54, 1.807) is 37.3 Å².